The molecule has 99 valence electrons. The molecule has 0 saturated heterocycles. The number of hydrogen-bond acceptors (Lipinski definition) is 0. The Morgan fingerprint density at radius 2 is 1.25 bits per heavy atom. The normalized spacial score (nSPS) is 10.5. The van der Waals surface area contributed by atoms with E-state index in [0.29, 0.717) is 0 Å². The molecule has 20 heavy (non-hydrogen) atoms. The van der Waals surface area contributed by atoms with Crippen molar-refractivity contribution in [1.29, 1.82) is 0 Å². The minimum Gasteiger partial charge on any atom is -0.273 e. The summed E-state index contributed by atoms with van der Waals surface area (Å²) in [5, 5.41) is 0. The monoisotopic (exact) mass is 337 g/mol. The molecule has 0 heterocycles. The first-order valence-electron chi connectivity index (χ1n) is 6.36. The molecule has 0 spiro atoms. The van der Waals surface area contributed by atoms with Crippen molar-refractivity contribution in [1.82, 2.24) is 0 Å². The molecule has 0 amide bonds. The number of benzene rings is 2. The quantitative estimate of drug-likeness (QED) is 0.600. The van der Waals surface area contributed by atoms with Crippen LogP contribution in [-0.4, -0.2) is 0 Å². The second-order valence-electron chi connectivity index (χ2n) is 4.16. The van der Waals surface area contributed by atoms with Crippen LogP contribution in [-0.2, 0) is 26.2 Å². The van der Waals surface area contributed by atoms with E-state index >= 15 is 0 Å². The summed E-state index contributed by atoms with van der Waals surface area (Å²) in [7, 11) is 0. The van der Waals surface area contributed by atoms with Gasteiger partial charge in [0.05, 0.1) is 0 Å². The van der Waals surface area contributed by atoms with E-state index in [9.17, 15) is 0 Å². The molecule has 0 bridgehead atoms. The zero-order chi connectivity index (χ0) is 13.8. The van der Waals surface area contributed by atoms with E-state index in [1.807, 2.05) is 60.7 Å². The fourth-order valence-electron chi connectivity index (χ4n) is 1.28. The third-order valence-electron chi connectivity index (χ3n) is 2.36. The van der Waals surface area contributed by atoms with Gasteiger partial charge in [0.1, 0.15) is 0 Å². The average molecular weight is 339 g/mol. The first kappa shape index (κ1) is 18.8. The predicted octanol–water partition coefficient (Wildman–Crippen LogP) is 4.89. The summed E-state index contributed by atoms with van der Waals surface area (Å²) in [5.41, 5.74) is 2.58. The molecular weight excluding hydrogens is 319 g/mol. The van der Waals surface area contributed by atoms with E-state index in [-0.39, 0.29) is 26.2 Å². The molecule has 0 nitrogen and oxygen atoms in total. The third-order valence-corrected chi connectivity index (χ3v) is 2.36. The first-order chi connectivity index (χ1) is 9.29. The molecule has 0 saturated carbocycles. The van der Waals surface area contributed by atoms with Gasteiger partial charge in [-0.1, -0.05) is 13.8 Å². The molecule has 0 aromatic heterocycles. The van der Waals surface area contributed by atoms with Gasteiger partial charge in [-0.05, 0) is 0 Å². The van der Waals surface area contributed by atoms with Gasteiger partial charge in [-0.25, -0.2) is 12.2 Å². The molecule has 0 unspecified atom stereocenters. The Labute approximate surface area is 142 Å². The van der Waals surface area contributed by atoms with Crippen LogP contribution in [0.15, 0.2) is 66.8 Å². The summed E-state index contributed by atoms with van der Waals surface area (Å²) < 4.78 is 0. The fraction of sp³-hybridized carbons (Fsp3) is 0.158. The number of aryl methyl sites for hydroxylation is 2. The average Bonchev–Trinajstić information content (AvgIpc) is 3.00. The maximum atomic E-state index is 2.99. The Hall–Kier alpha value is -1.20. The molecule has 0 N–H and O–H groups in total. The summed E-state index contributed by atoms with van der Waals surface area (Å²) >= 11 is 0. The topological polar surface area (TPSA) is 0 Å². The Kier molecular flexibility index (Phi) is 12.1. The Morgan fingerprint density at radius 3 is 1.40 bits per heavy atom. The van der Waals surface area contributed by atoms with Crippen molar-refractivity contribution in [2.24, 2.45) is 0 Å². The van der Waals surface area contributed by atoms with Crippen molar-refractivity contribution in [2.45, 2.75) is 20.3 Å². The smallest absolute Gasteiger partial charge is 0.273 e. The minimum absolute atomic E-state index is 0. The van der Waals surface area contributed by atoms with Crippen LogP contribution in [0.5, 0.6) is 0 Å². The first-order valence-corrected chi connectivity index (χ1v) is 6.36. The van der Waals surface area contributed by atoms with Crippen LogP contribution in [0, 0.1) is 32.1 Å². The minimum atomic E-state index is 0. The van der Waals surface area contributed by atoms with Crippen LogP contribution in [0.2, 0.25) is 0 Å². The zero-order valence-corrected chi connectivity index (χ0v) is 14.5. The molecule has 0 fully saturated rings. The van der Waals surface area contributed by atoms with E-state index in [1.165, 1.54) is 11.1 Å². The van der Waals surface area contributed by atoms with Gasteiger partial charge in [-0.2, -0.15) is 77.9 Å². The molecule has 0 aliphatic heterocycles. The van der Waals surface area contributed by atoms with Crippen molar-refractivity contribution >= 4 is 0 Å². The SMILES string of the molecule is Cc1cc[c-]cc1.Cc1cc[c-]cc1.[C-]1=CC=CC1.[Zr+3]. The molecule has 0 atom stereocenters. The second-order valence-corrected chi connectivity index (χ2v) is 4.16. The van der Waals surface area contributed by atoms with Crippen LogP contribution in [0.3, 0.4) is 0 Å². The van der Waals surface area contributed by atoms with Crippen LogP contribution >= 0.6 is 0 Å². The summed E-state index contributed by atoms with van der Waals surface area (Å²) in [6.45, 7) is 4.13. The molecule has 1 aliphatic carbocycles. The number of hydrogen-bond donors (Lipinski definition) is 0. The number of rotatable bonds is 0. The molecule has 1 radical (unpaired) electrons. The van der Waals surface area contributed by atoms with E-state index in [1.54, 1.807) is 0 Å². The van der Waals surface area contributed by atoms with Gasteiger partial charge in [0.15, 0.2) is 0 Å². The summed E-state index contributed by atoms with van der Waals surface area (Å²) in [6.07, 6.45) is 10.0. The molecule has 2 aromatic rings. The van der Waals surface area contributed by atoms with Gasteiger partial charge in [0.2, 0.25) is 0 Å². The van der Waals surface area contributed by atoms with Crippen LogP contribution < -0.4 is 0 Å². The number of allylic oxidation sites excluding steroid dienone is 4. The van der Waals surface area contributed by atoms with Gasteiger partial charge in [-0.3, -0.25) is 6.08 Å². The van der Waals surface area contributed by atoms with E-state index in [2.05, 4.69) is 38.1 Å². The van der Waals surface area contributed by atoms with Gasteiger partial charge in [0.25, 0.3) is 0 Å². The Bertz CT molecular complexity index is 436. The van der Waals surface area contributed by atoms with Gasteiger partial charge < -0.3 is 0 Å². The van der Waals surface area contributed by atoms with Gasteiger partial charge >= 0.3 is 26.2 Å². The molecule has 1 aliphatic rings. The third kappa shape index (κ3) is 10.7. The fourth-order valence-corrected chi connectivity index (χ4v) is 1.28. The van der Waals surface area contributed by atoms with Gasteiger partial charge in [0, 0.05) is 0 Å². The maximum Gasteiger partial charge on any atom is 3.00 e. The largest absolute Gasteiger partial charge is 3.00 e. The molecule has 3 rings (SSSR count). The summed E-state index contributed by atoms with van der Waals surface area (Å²) in [4.78, 5) is 0. The zero-order valence-electron chi connectivity index (χ0n) is 12.1. The summed E-state index contributed by atoms with van der Waals surface area (Å²) in [5.74, 6) is 0. The maximum absolute atomic E-state index is 2.99. The molecule has 1 heteroatoms. The van der Waals surface area contributed by atoms with Crippen molar-refractivity contribution in [3.05, 3.63) is 96.1 Å². The summed E-state index contributed by atoms with van der Waals surface area (Å²) in [6, 6.07) is 21.6. The standard InChI is InChI=1S/2C7H7.C5H5.Zr/c2*1-7-5-3-2-4-6-7;1-2-4-5-3-1;/h2*3-6H,1H3;1-3H,4H2;/q3*-1;+3. The van der Waals surface area contributed by atoms with E-state index in [4.69, 9.17) is 0 Å². The van der Waals surface area contributed by atoms with Crippen molar-refractivity contribution in [2.75, 3.05) is 0 Å². The second kappa shape index (κ2) is 12.8. The molecular formula is C19H19Zr. The van der Waals surface area contributed by atoms with Crippen molar-refractivity contribution < 1.29 is 26.2 Å². The predicted molar refractivity (Wildman–Crippen MR) is 81.6 cm³/mol. The van der Waals surface area contributed by atoms with E-state index in [0.717, 1.165) is 6.42 Å². The Morgan fingerprint density at radius 1 is 0.800 bits per heavy atom. The van der Waals surface area contributed by atoms with Crippen molar-refractivity contribution in [3.63, 3.8) is 0 Å². The van der Waals surface area contributed by atoms with Crippen LogP contribution in [0.1, 0.15) is 17.5 Å². The van der Waals surface area contributed by atoms with Crippen LogP contribution in [0.4, 0.5) is 0 Å². The van der Waals surface area contributed by atoms with Crippen molar-refractivity contribution in [3.8, 4) is 0 Å². The van der Waals surface area contributed by atoms with Gasteiger partial charge in [-0.15, -0.1) is 6.42 Å². The molecule has 2 aromatic carbocycles. The van der Waals surface area contributed by atoms with E-state index < -0.39 is 0 Å². The van der Waals surface area contributed by atoms with Crippen LogP contribution in [0.25, 0.3) is 0 Å². The Balaban J connectivity index is 0.000000268.